The molecule has 2 aliphatic rings. The lowest BCUT2D eigenvalue weighted by molar-refractivity contribution is -0.0845. The normalized spacial score (nSPS) is 26.5. The van der Waals surface area contributed by atoms with E-state index in [1.807, 2.05) is 24.3 Å². The highest BCUT2D eigenvalue weighted by Crippen LogP contribution is 2.58. The van der Waals surface area contributed by atoms with E-state index in [1.54, 1.807) is 7.11 Å². The summed E-state index contributed by atoms with van der Waals surface area (Å²) in [4.78, 5) is 0. The lowest BCUT2D eigenvalue weighted by atomic mass is 9.52. The SMILES string of the molecule is COc1ccccc1[C@]1(O)CCC(c2ccccc2)(c2ccccc2)[C@H]2CNC[C@H]21.Cl. The number of halogens is 1. The van der Waals surface area contributed by atoms with Crippen LogP contribution in [0.4, 0.5) is 0 Å². The van der Waals surface area contributed by atoms with E-state index in [2.05, 4.69) is 66.0 Å². The van der Waals surface area contributed by atoms with Crippen LogP contribution in [0.2, 0.25) is 0 Å². The van der Waals surface area contributed by atoms with E-state index in [9.17, 15) is 5.11 Å². The highest BCUT2D eigenvalue weighted by Gasteiger charge is 2.59. The fraction of sp³-hybridized carbons (Fsp3) is 0.333. The number of hydrogen-bond acceptors (Lipinski definition) is 3. The molecule has 0 radical (unpaired) electrons. The summed E-state index contributed by atoms with van der Waals surface area (Å²) in [6.07, 6.45) is 1.58. The third-order valence-electron chi connectivity index (χ3n) is 7.51. The molecule has 31 heavy (non-hydrogen) atoms. The van der Waals surface area contributed by atoms with Crippen LogP contribution in [0.1, 0.15) is 29.5 Å². The van der Waals surface area contributed by atoms with Gasteiger partial charge in [0.2, 0.25) is 0 Å². The second kappa shape index (κ2) is 8.66. The molecule has 0 unspecified atom stereocenters. The fourth-order valence-electron chi connectivity index (χ4n) is 6.15. The van der Waals surface area contributed by atoms with Crippen LogP contribution < -0.4 is 10.1 Å². The standard InChI is InChI=1S/C27H29NO2.ClH/c1-30-25-15-9-8-14-22(25)27(29)17-16-26(20-10-4-2-5-11-20,21-12-6-3-7-13-21)23-18-28-19-24(23)27;/h2-15,23-24,28-29H,16-19H2,1H3;1H/t23-,24+,27+;/m0./s1. The first-order valence-corrected chi connectivity index (χ1v) is 10.9. The van der Waals surface area contributed by atoms with Gasteiger partial charge < -0.3 is 15.2 Å². The van der Waals surface area contributed by atoms with Crippen molar-refractivity contribution >= 4 is 12.4 Å². The fourth-order valence-corrected chi connectivity index (χ4v) is 6.15. The minimum Gasteiger partial charge on any atom is -0.496 e. The summed E-state index contributed by atoms with van der Waals surface area (Å²) in [6.45, 7) is 1.70. The number of para-hydroxylation sites is 1. The van der Waals surface area contributed by atoms with E-state index >= 15 is 0 Å². The average molecular weight is 436 g/mol. The number of fused-ring (bicyclic) bond motifs is 1. The first-order chi connectivity index (χ1) is 14.7. The van der Waals surface area contributed by atoms with Crippen molar-refractivity contribution in [1.29, 1.82) is 0 Å². The summed E-state index contributed by atoms with van der Waals surface area (Å²) in [6, 6.07) is 29.7. The molecule has 4 heteroatoms. The van der Waals surface area contributed by atoms with Crippen LogP contribution >= 0.6 is 12.4 Å². The average Bonchev–Trinajstić information content (AvgIpc) is 3.33. The molecule has 3 atom stereocenters. The van der Waals surface area contributed by atoms with Crippen LogP contribution in [0.5, 0.6) is 5.75 Å². The summed E-state index contributed by atoms with van der Waals surface area (Å²) in [7, 11) is 1.69. The minimum atomic E-state index is -0.909. The van der Waals surface area contributed by atoms with Crippen molar-refractivity contribution in [3.8, 4) is 5.75 Å². The molecule has 3 aromatic carbocycles. The summed E-state index contributed by atoms with van der Waals surface area (Å²) < 4.78 is 5.65. The van der Waals surface area contributed by atoms with Gasteiger partial charge in [-0.2, -0.15) is 0 Å². The Kier molecular flexibility index (Phi) is 6.11. The van der Waals surface area contributed by atoms with E-state index in [4.69, 9.17) is 4.74 Å². The van der Waals surface area contributed by atoms with Gasteiger partial charge in [-0.3, -0.25) is 0 Å². The Labute approximate surface area is 190 Å². The van der Waals surface area contributed by atoms with Crippen LogP contribution in [0.25, 0.3) is 0 Å². The van der Waals surface area contributed by atoms with Gasteiger partial charge in [-0.1, -0.05) is 78.9 Å². The lowest BCUT2D eigenvalue weighted by Gasteiger charge is -2.53. The number of ether oxygens (including phenoxy) is 1. The van der Waals surface area contributed by atoms with Gasteiger partial charge >= 0.3 is 0 Å². The van der Waals surface area contributed by atoms with Crippen LogP contribution in [0, 0.1) is 11.8 Å². The third kappa shape index (κ3) is 3.36. The van der Waals surface area contributed by atoms with Crippen LogP contribution in [-0.2, 0) is 11.0 Å². The van der Waals surface area contributed by atoms with Crippen LogP contribution in [0.15, 0.2) is 84.9 Å². The molecule has 162 valence electrons. The van der Waals surface area contributed by atoms with E-state index in [0.717, 1.165) is 30.8 Å². The molecular weight excluding hydrogens is 406 g/mol. The zero-order valence-corrected chi connectivity index (χ0v) is 18.6. The van der Waals surface area contributed by atoms with E-state index in [1.165, 1.54) is 11.1 Å². The van der Waals surface area contributed by atoms with Gasteiger partial charge in [-0.15, -0.1) is 12.4 Å². The molecule has 1 saturated heterocycles. The molecular formula is C27H30ClNO2. The molecule has 0 spiro atoms. The highest BCUT2D eigenvalue weighted by atomic mass is 35.5. The maximum absolute atomic E-state index is 12.1. The Morgan fingerprint density at radius 2 is 1.32 bits per heavy atom. The monoisotopic (exact) mass is 435 g/mol. The van der Waals surface area contributed by atoms with Gasteiger partial charge in [0.15, 0.2) is 0 Å². The minimum absolute atomic E-state index is 0. The predicted octanol–water partition coefficient (Wildman–Crippen LogP) is 4.92. The molecule has 0 aromatic heterocycles. The largest absolute Gasteiger partial charge is 0.496 e. The van der Waals surface area contributed by atoms with Crippen molar-refractivity contribution in [3.05, 3.63) is 102 Å². The Morgan fingerprint density at radius 1 is 0.774 bits per heavy atom. The van der Waals surface area contributed by atoms with E-state index in [-0.39, 0.29) is 29.7 Å². The maximum atomic E-state index is 12.1. The van der Waals surface area contributed by atoms with Gasteiger partial charge in [0.1, 0.15) is 5.75 Å². The van der Waals surface area contributed by atoms with Crippen molar-refractivity contribution in [3.63, 3.8) is 0 Å². The number of aliphatic hydroxyl groups is 1. The quantitative estimate of drug-likeness (QED) is 0.611. The van der Waals surface area contributed by atoms with E-state index < -0.39 is 5.60 Å². The topological polar surface area (TPSA) is 41.5 Å². The Hall–Kier alpha value is -2.33. The molecule has 0 amide bonds. The summed E-state index contributed by atoms with van der Waals surface area (Å²) in [5.74, 6) is 1.16. The second-order valence-electron chi connectivity index (χ2n) is 8.70. The zero-order valence-electron chi connectivity index (χ0n) is 17.8. The summed E-state index contributed by atoms with van der Waals surface area (Å²) >= 11 is 0. The Balaban J connectivity index is 0.00000231. The van der Waals surface area contributed by atoms with E-state index in [0.29, 0.717) is 6.42 Å². The highest BCUT2D eigenvalue weighted by molar-refractivity contribution is 5.85. The molecule has 3 nitrogen and oxygen atoms in total. The first kappa shape index (κ1) is 21.9. The third-order valence-corrected chi connectivity index (χ3v) is 7.51. The number of rotatable bonds is 4. The number of hydrogen-bond donors (Lipinski definition) is 2. The van der Waals surface area contributed by atoms with Crippen molar-refractivity contribution in [2.75, 3.05) is 20.2 Å². The van der Waals surface area contributed by atoms with Crippen LogP contribution in [-0.4, -0.2) is 25.3 Å². The molecule has 1 heterocycles. The number of nitrogens with one attached hydrogen (secondary N) is 1. The molecule has 1 aliphatic heterocycles. The Bertz CT molecular complexity index is 971. The molecule has 0 bridgehead atoms. The van der Waals surface area contributed by atoms with Crippen molar-refractivity contribution in [2.45, 2.75) is 23.9 Å². The molecule has 1 saturated carbocycles. The molecule has 2 fully saturated rings. The molecule has 3 aromatic rings. The number of methoxy groups -OCH3 is 1. The van der Waals surface area contributed by atoms with Crippen molar-refractivity contribution < 1.29 is 9.84 Å². The number of benzene rings is 3. The van der Waals surface area contributed by atoms with Gasteiger partial charge in [-0.05, 0) is 42.5 Å². The first-order valence-electron chi connectivity index (χ1n) is 10.9. The van der Waals surface area contributed by atoms with Gasteiger partial charge in [0.05, 0.1) is 12.7 Å². The maximum Gasteiger partial charge on any atom is 0.124 e. The van der Waals surface area contributed by atoms with Gasteiger partial charge in [-0.25, -0.2) is 0 Å². The summed E-state index contributed by atoms with van der Waals surface area (Å²) in [5.41, 5.74) is 2.58. The van der Waals surface area contributed by atoms with Crippen molar-refractivity contribution in [2.24, 2.45) is 11.8 Å². The Morgan fingerprint density at radius 3 is 1.94 bits per heavy atom. The van der Waals surface area contributed by atoms with Gasteiger partial charge in [0, 0.05) is 23.4 Å². The van der Waals surface area contributed by atoms with Crippen LogP contribution in [0.3, 0.4) is 0 Å². The molecule has 1 aliphatic carbocycles. The van der Waals surface area contributed by atoms with Crippen molar-refractivity contribution in [1.82, 2.24) is 5.32 Å². The van der Waals surface area contributed by atoms with Gasteiger partial charge in [0.25, 0.3) is 0 Å². The zero-order chi connectivity index (χ0) is 20.6. The lowest BCUT2D eigenvalue weighted by Crippen LogP contribution is -2.53. The smallest absolute Gasteiger partial charge is 0.124 e. The molecule has 2 N–H and O–H groups in total. The predicted molar refractivity (Wildman–Crippen MR) is 127 cm³/mol. The molecule has 5 rings (SSSR count). The summed E-state index contributed by atoms with van der Waals surface area (Å²) in [5, 5.41) is 15.8. The second-order valence-corrected chi connectivity index (χ2v) is 8.70.